The Hall–Kier alpha value is -0.830. The Morgan fingerprint density at radius 1 is 1.37 bits per heavy atom. The van der Waals surface area contributed by atoms with Gasteiger partial charge < -0.3 is 10.3 Å². The summed E-state index contributed by atoms with van der Waals surface area (Å²) < 4.78 is 0. The molecule has 0 aromatic carbocycles. The molecule has 108 valence electrons. The maximum Gasteiger partial charge on any atom is 0.122 e. The zero-order chi connectivity index (χ0) is 13.9. The Morgan fingerprint density at radius 3 is 2.58 bits per heavy atom. The average molecular weight is 263 g/mol. The van der Waals surface area contributed by atoms with E-state index >= 15 is 0 Å². The van der Waals surface area contributed by atoms with Gasteiger partial charge in [-0.1, -0.05) is 27.2 Å². The average Bonchev–Trinajstić information content (AvgIpc) is 2.93. The van der Waals surface area contributed by atoms with Crippen molar-refractivity contribution in [2.45, 2.75) is 71.9 Å². The molecule has 1 atom stereocenters. The van der Waals surface area contributed by atoms with Gasteiger partial charge in [0.25, 0.3) is 0 Å². The molecule has 0 aliphatic heterocycles. The normalized spacial score (nSPS) is 26.3. The lowest BCUT2D eigenvalue weighted by molar-refractivity contribution is 0.134. The van der Waals surface area contributed by atoms with E-state index in [0.717, 1.165) is 11.7 Å². The van der Waals surface area contributed by atoms with Crippen LogP contribution in [0.3, 0.4) is 0 Å². The van der Waals surface area contributed by atoms with Gasteiger partial charge in [-0.2, -0.15) is 0 Å². The van der Waals surface area contributed by atoms with Gasteiger partial charge in [0.15, 0.2) is 0 Å². The van der Waals surface area contributed by atoms with Crippen LogP contribution in [0.25, 0.3) is 0 Å². The number of hydrogen-bond donors (Lipinski definition) is 2. The highest BCUT2D eigenvalue weighted by atomic mass is 15.0. The van der Waals surface area contributed by atoms with Gasteiger partial charge in [0, 0.05) is 18.4 Å². The van der Waals surface area contributed by atoms with Crippen LogP contribution in [0, 0.1) is 11.3 Å². The van der Waals surface area contributed by atoms with E-state index in [9.17, 15) is 0 Å². The van der Waals surface area contributed by atoms with Gasteiger partial charge in [-0.15, -0.1) is 0 Å². The third kappa shape index (κ3) is 3.59. The molecular formula is C16H29N3. The van der Waals surface area contributed by atoms with Crippen molar-refractivity contribution in [1.82, 2.24) is 15.3 Å². The predicted octanol–water partition coefficient (Wildman–Crippen LogP) is 4.06. The molecule has 0 bridgehead atoms. The fraction of sp³-hybridized carbons (Fsp3) is 0.812. The van der Waals surface area contributed by atoms with E-state index < -0.39 is 0 Å². The second-order valence-corrected chi connectivity index (χ2v) is 6.75. The number of rotatable bonds is 5. The molecule has 3 nitrogen and oxygen atoms in total. The molecule has 2 N–H and O–H groups in total. The molecule has 19 heavy (non-hydrogen) atoms. The van der Waals surface area contributed by atoms with Gasteiger partial charge in [-0.25, -0.2) is 4.98 Å². The summed E-state index contributed by atoms with van der Waals surface area (Å²) in [5, 5.41) is 3.72. The SMILES string of the molecule is CCC(C)(C)C1CCC(NC(C)c2ncc[nH]2)CC1. The van der Waals surface area contributed by atoms with Gasteiger partial charge in [0.05, 0.1) is 6.04 Å². The van der Waals surface area contributed by atoms with Crippen LogP contribution in [0.4, 0.5) is 0 Å². The minimum absolute atomic E-state index is 0.329. The molecule has 1 aromatic heterocycles. The zero-order valence-corrected chi connectivity index (χ0v) is 12.9. The molecule has 3 heteroatoms. The summed E-state index contributed by atoms with van der Waals surface area (Å²) in [6, 6.07) is 0.986. The van der Waals surface area contributed by atoms with Gasteiger partial charge >= 0.3 is 0 Å². The lowest BCUT2D eigenvalue weighted by Gasteiger charge is -2.39. The number of H-pyrrole nitrogens is 1. The first-order valence-corrected chi connectivity index (χ1v) is 7.78. The number of nitrogens with zero attached hydrogens (tertiary/aromatic N) is 1. The molecule has 1 fully saturated rings. The molecule has 1 aromatic rings. The summed E-state index contributed by atoms with van der Waals surface area (Å²) in [7, 11) is 0. The summed E-state index contributed by atoms with van der Waals surface area (Å²) in [4.78, 5) is 7.53. The molecule has 0 saturated heterocycles. The summed E-state index contributed by atoms with van der Waals surface area (Å²) in [5.74, 6) is 1.95. The predicted molar refractivity (Wildman–Crippen MR) is 80.0 cm³/mol. The van der Waals surface area contributed by atoms with Crippen LogP contribution >= 0.6 is 0 Å². The van der Waals surface area contributed by atoms with Crippen molar-refractivity contribution < 1.29 is 0 Å². The van der Waals surface area contributed by atoms with Gasteiger partial charge in [-0.3, -0.25) is 0 Å². The Bertz CT molecular complexity index is 361. The number of imidazole rings is 1. The minimum atomic E-state index is 0.329. The molecule has 0 radical (unpaired) electrons. The van der Waals surface area contributed by atoms with Gasteiger partial charge in [0.2, 0.25) is 0 Å². The molecule has 1 aliphatic carbocycles. The molecule has 1 unspecified atom stereocenters. The molecule has 1 aliphatic rings. The molecule has 2 rings (SSSR count). The van der Waals surface area contributed by atoms with E-state index in [-0.39, 0.29) is 0 Å². The van der Waals surface area contributed by atoms with Crippen LogP contribution in [0.15, 0.2) is 12.4 Å². The molecule has 1 heterocycles. The summed E-state index contributed by atoms with van der Waals surface area (Å²) >= 11 is 0. The maximum absolute atomic E-state index is 4.33. The second kappa shape index (κ2) is 6.08. The third-order valence-corrected chi connectivity index (χ3v) is 5.16. The van der Waals surface area contributed by atoms with Crippen molar-refractivity contribution in [2.24, 2.45) is 11.3 Å². The lowest BCUT2D eigenvalue weighted by atomic mass is 9.69. The standard InChI is InChI=1S/C16H29N3/c1-5-16(3,4)13-6-8-14(9-7-13)19-12(2)15-17-10-11-18-15/h10-14,19H,5-9H2,1-4H3,(H,17,18). The highest BCUT2D eigenvalue weighted by Gasteiger charge is 2.32. The number of aromatic amines is 1. The zero-order valence-electron chi connectivity index (χ0n) is 12.9. The van der Waals surface area contributed by atoms with Gasteiger partial charge in [0.1, 0.15) is 5.82 Å². The number of nitrogens with one attached hydrogen (secondary N) is 2. The van der Waals surface area contributed by atoms with E-state index in [1.54, 1.807) is 0 Å². The lowest BCUT2D eigenvalue weighted by Crippen LogP contribution is -2.38. The van der Waals surface area contributed by atoms with Crippen LogP contribution in [0.2, 0.25) is 0 Å². The van der Waals surface area contributed by atoms with Crippen molar-refractivity contribution >= 4 is 0 Å². The van der Waals surface area contributed by atoms with Crippen molar-refractivity contribution in [3.05, 3.63) is 18.2 Å². The van der Waals surface area contributed by atoms with E-state index in [1.165, 1.54) is 32.1 Å². The monoisotopic (exact) mass is 263 g/mol. The van der Waals surface area contributed by atoms with Crippen LogP contribution in [0.5, 0.6) is 0 Å². The maximum atomic E-state index is 4.33. The first-order chi connectivity index (χ1) is 9.03. The fourth-order valence-electron chi connectivity index (χ4n) is 3.28. The van der Waals surface area contributed by atoms with Crippen molar-refractivity contribution in [3.8, 4) is 0 Å². The molecule has 1 saturated carbocycles. The van der Waals surface area contributed by atoms with E-state index in [1.807, 2.05) is 12.4 Å². The van der Waals surface area contributed by atoms with E-state index in [2.05, 4.69) is 43.0 Å². The highest BCUT2D eigenvalue weighted by molar-refractivity contribution is 4.95. The Morgan fingerprint density at radius 2 is 2.05 bits per heavy atom. The highest BCUT2D eigenvalue weighted by Crippen LogP contribution is 2.40. The largest absolute Gasteiger partial charge is 0.347 e. The van der Waals surface area contributed by atoms with Crippen LogP contribution in [-0.2, 0) is 0 Å². The van der Waals surface area contributed by atoms with Crippen molar-refractivity contribution in [1.29, 1.82) is 0 Å². The molecule has 0 spiro atoms. The minimum Gasteiger partial charge on any atom is -0.347 e. The number of aromatic nitrogens is 2. The van der Waals surface area contributed by atoms with Crippen LogP contribution in [-0.4, -0.2) is 16.0 Å². The topological polar surface area (TPSA) is 40.7 Å². The first kappa shape index (κ1) is 14.6. The molecule has 0 amide bonds. The summed E-state index contributed by atoms with van der Waals surface area (Å²) in [6.07, 6.45) is 10.4. The van der Waals surface area contributed by atoms with Gasteiger partial charge in [-0.05, 0) is 43.9 Å². The number of hydrogen-bond acceptors (Lipinski definition) is 2. The Kier molecular flexibility index (Phi) is 4.67. The fourth-order valence-corrected chi connectivity index (χ4v) is 3.28. The van der Waals surface area contributed by atoms with Crippen LogP contribution in [0.1, 0.15) is 71.7 Å². The molecular weight excluding hydrogens is 234 g/mol. The van der Waals surface area contributed by atoms with E-state index in [4.69, 9.17) is 0 Å². The Balaban J connectivity index is 1.81. The van der Waals surface area contributed by atoms with Crippen molar-refractivity contribution in [3.63, 3.8) is 0 Å². The van der Waals surface area contributed by atoms with Crippen LogP contribution < -0.4 is 5.32 Å². The quantitative estimate of drug-likeness (QED) is 0.841. The summed E-state index contributed by atoms with van der Waals surface area (Å²) in [5.41, 5.74) is 0.512. The summed E-state index contributed by atoms with van der Waals surface area (Å²) in [6.45, 7) is 9.37. The van der Waals surface area contributed by atoms with E-state index in [0.29, 0.717) is 17.5 Å². The van der Waals surface area contributed by atoms with Crippen molar-refractivity contribution in [2.75, 3.05) is 0 Å². The first-order valence-electron chi connectivity index (χ1n) is 7.78. The second-order valence-electron chi connectivity index (χ2n) is 6.75. The third-order valence-electron chi connectivity index (χ3n) is 5.16. The Labute approximate surface area is 117 Å². The smallest absolute Gasteiger partial charge is 0.122 e.